The summed E-state index contributed by atoms with van der Waals surface area (Å²) in [6.07, 6.45) is 4.73. The lowest BCUT2D eigenvalue weighted by Crippen LogP contribution is -2.19. The highest BCUT2D eigenvalue weighted by Crippen LogP contribution is 2.28. The molecule has 0 bridgehead atoms. The summed E-state index contributed by atoms with van der Waals surface area (Å²) in [4.78, 5) is 0. The Bertz CT molecular complexity index is 546. The van der Waals surface area contributed by atoms with Crippen molar-refractivity contribution in [2.75, 3.05) is 6.26 Å². The number of rotatable bonds is 3. The maximum Gasteiger partial charge on any atom is 0.264 e. The van der Waals surface area contributed by atoms with Gasteiger partial charge in [0.1, 0.15) is 5.82 Å². The molecule has 1 aromatic carbocycles. The van der Waals surface area contributed by atoms with E-state index in [1.54, 1.807) is 12.1 Å². The number of allylic oxidation sites excluding steroid dienone is 1. The maximum absolute atomic E-state index is 12.8. The van der Waals surface area contributed by atoms with Crippen molar-refractivity contribution in [3.63, 3.8) is 0 Å². The Hall–Kier alpha value is -1.20. The standard InChI is InChI=1S/C13H15FO3S/c1-18(15,16)17-13-8-4-11(5-9-13)10-2-6-12(14)7-3-10/h2-4,6-7,13H,5,8-9H2,1H3/t13-/m0/s1. The molecule has 1 aliphatic rings. The van der Waals surface area contributed by atoms with E-state index in [1.807, 2.05) is 6.08 Å². The smallest absolute Gasteiger partial charge is 0.264 e. The Labute approximate surface area is 106 Å². The van der Waals surface area contributed by atoms with Gasteiger partial charge in [0.2, 0.25) is 0 Å². The van der Waals surface area contributed by atoms with Gasteiger partial charge in [0.05, 0.1) is 12.4 Å². The largest absolute Gasteiger partial charge is 0.267 e. The first-order valence-corrected chi connectivity index (χ1v) is 7.59. The summed E-state index contributed by atoms with van der Waals surface area (Å²) in [6, 6.07) is 6.32. The first-order chi connectivity index (χ1) is 8.44. The summed E-state index contributed by atoms with van der Waals surface area (Å²) in [6.45, 7) is 0. The minimum Gasteiger partial charge on any atom is -0.267 e. The van der Waals surface area contributed by atoms with Crippen LogP contribution in [-0.2, 0) is 14.3 Å². The van der Waals surface area contributed by atoms with Crippen molar-refractivity contribution in [2.24, 2.45) is 0 Å². The number of hydrogen-bond donors (Lipinski definition) is 0. The van der Waals surface area contributed by atoms with Gasteiger partial charge in [0.25, 0.3) is 10.1 Å². The van der Waals surface area contributed by atoms with Crippen molar-refractivity contribution in [1.82, 2.24) is 0 Å². The van der Waals surface area contributed by atoms with Crippen molar-refractivity contribution in [2.45, 2.75) is 25.4 Å². The Morgan fingerprint density at radius 3 is 2.44 bits per heavy atom. The lowest BCUT2D eigenvalue weighted by molar-refractivity contribution is 0.202. The first kappa shape index (κ1) is 13.2. The van der Waals surface area contributed by atoms with Crippen LogP contribution in [0.2, 0.25) is 0 Å². The van der Waals surface area contributed by atoms with Crippen LogP contribution in [0.5, 0.6) is 0 Å². The van der Waals surface area contributed by atoms with Crippen molar-refractivity contribution < 1.29 is 17.0 Å². The summed E-state index contributed by atoms with van der Waals surface area (Å²) in [5.41, 5.74) is 2.09. The topological polar surface area (TPSA) is 43.4 Å². The van der Waals surface area contributed by atoms with Crippen LogP contribution in [0.4, 0.5) is 4.39 Å². The second-order valence-corrected chi connectivity index (χ2v) is 6.03. The third kappa shape index (κ3) is 3.65. The molecule has 1 aliphatic carbocycles. The summed E-state index contributed by atoms with van der Waals surface area (Å²) in [7, 11) is -3.39. The van der Waals surface area contributed by atoms with E-state index < -0.39 is 10.1 Å². The van der Waals surface area contributed by atoms with Crippen LogP contribution in [0.3, 0.4) is 0 Å². The van der Waals surface area contributed by atoms with Crippen LogP contribution in [0.1, 0.15) is 24.8 Å². The molecule has 2 rings (SSSR count). The van der Waals surface area contributed by atoms with E-state index in [1.165, 1.54) is 12.1 Å². The minimum absolute atomic E-state index is 0.256. The predicted molar refractivity (Wildman–Crippen MR) is 67.9 cm³/mol. The molecule has 3 nitrogen and oxygen atoms in total. The van der Waals surface area contributed by atoms with E-state index >= 15 is 0 Å². The Morgan fingerprint density at radius 1 is 1.28 bits per heavy atom. The quantitative estimate of drug-likeness (QED) is 0.793. The van der Waals surface area contributed by atoms with Gasteiger partial charge in [-0.1, -0.05) is 18.2 Å². The molecule has 1 aromatic rings. The van der Waals surface area contributed by atoms with Crippen LogP contribution >= 0.6 is 0 Å². The number of benzene rings is 1. The first-order valence-electron chi connectivity index (χ1n) is 5.77. The van der Waals surface area contributed by atoms with Crippen LogP contribution in [0, 0.1) is 5.82 Å². The third-order valence-corrected chi connectivity index (χ3v) is 3.51. The monoisotopic (exact) mass is 270 g/mol. The molecule has 1 atom stereocenters. The van der Waals surface area contributed by atoms with Crippen LogP contribution in [0.25, 0.3) is 5.57 Å². The fraction of sp³-hybridized carbons (Fsp3) is 0.385. The van der Waals surface area contributed by atoms with E-state index in [0.29, 0.717) is 12.8 Å². The minimum atomic E-state index is -3.39. The van der Waals surface area contributed by atoms with Crippen LogP contribution in [0.15, 0.2) is 30.3 Å². The molecular weight excluding hydrogens is 255 g/mol. The molecule has 0 N–H and O–H groups in total. The molecule has 5 heteroatoms. The molecule has 98 valence electrons. The zero-order valence-electron chi connectivity index (χ0n) is 10.1. The van der Waals surface area contributed by atoms with Crippen LogP contribution < -0.4 is 0 Å². The molecule has 0 aromatic heterocycles. The second-order valence-electron chi connectivity index (χ2n) is 4.43. The highest BCUT2D eigenvalue weighted by Gasteiger charge is 2.19. The molecule has 0 heterocycles. The molecular formula is C13H15FO3S. The van der Waals surface area contributed by atoms with Gasteiger partial charge in [0.15, 0.2) is 0 Å². The average molecular weight is 270 g/mol. The Morgan fingerprint density at radius 2 is 1.94 bits per heavy atom. The van der Waals surface area contributed by atoms with Crippen molar-refractivity contribution >= 4 is 15.7 Å². The highest BCUT2D eigenvalue weighted by molar-refractivity contribution is 7.86. The van der Waals surface area contributed by atoms with Crippen molar-refractivity contribution in [3.05, 3.63) is 41.7 Å². The molecule has 0 fully saturated rings. The van der Waals surface area contributed by atoms with E-state index in [4.69, 9.17) is 4.18 Å². The van der Waals surface area contributed by atoms with Gasteiger partial charge in [-0.25, -0.2) is 4.39 Å². The summed E-state index contributed by atoms with van der Waals surface area (Å²) < 4.78 is 39.8. The van der Waals surface area contributed by atoms with Crippen molar-refractivity contribution in [1.29, 1.82) is 0 Å². The molecule has 0 radical (unpaired) electrons. The molecule has 0 unspecified atom stereocenters. The molecule has 0 spiro atoms. The molecule has 0 amide bonds. The predicted octanol–water partition coefficient (Wildman–Crippen LogP) is 2.74. The lowest BCUT2D eigenvalue weighted by Gasteiger charge is -2.21. The molecule has 18 heavy (non-hydrogen) atoms. The van der Waals surface area contributed by atoms with Gasteiger partial charge in [0, 0.05) is 0 Å². The number of hydrogen-bond acceptors (Lipinski definition) is 3. The van der Waals surface area contributed by atoms with Gasteiger partial charge in [-0.3, -0.25) is 4.18 Å². The van der Waals surface area contributed by atoms with E-state index in [2.05, 4.69) is 0 Å². The Balaban J connectivity index is 2.05. The van der Waals surface area contributed by atoms with E-state index in [-0.39, 0.29) is 11.9 Å². The fourth-order valence-electron chi connectivity index (χ4n) is 2.07. The number of halogens is 1. The van der Waals surface area contributed by atoms with Crippen LogP contribution in [-0.4, -0.2) is 20.8 Å². The normalized spacial score (nSPS) is 20.6. The average Bonchev–Trinajstić information content (AvgIpc) is 2.29. The third-order valence-electron chi connectivity index (χ3n) is 2.89. The maximum atomic E-state index is 12.8. The van der Waals surface area contributed by atoms with Gasteiger partial charge in [-0.15, -0.1) is 0 Å². The van der Waals surface area contributed by atoms with Gasteiger partial charge in [-0.05, 0) is 42.5 Å². The molecule has 0 aliphatic heterocycles. The summed E-state index contributed by atoms with van der Waals surface area (Å²) in [5, 5.41) is 0. The van der Waals surface area contributed by atoms with Gasteiger partial charge < -0.3 is 0 Å². The molecule has 0 saturated carbocycles. The summed E-state index contributed by atoms with van der Waals surface area (Å²) >= 11 is 0. The fourth-order valence-corrected chi connectivity index (χ4v) is 2.74. The van der Waals surface area contributed by atoms with E-state index in [0.717, 1.165) is 23.8 Å². The van der Waals surface area contributed by atoms with Gasteiger partial charge in [-0.2, -0.15) is 8.42 Å². The zero-order valence-corrected chi connectivity index (χ0v) is 10.9. The summed E-state index contributed by atoms with van der Waals surface area (Å²) in [5.74, 6) is -0.256. The lowest BCUT2D eigenvalue weighted by atomic mass is 9.92. The van der Waals surface area contributed by atoms with Gasteiger partial charge >= 0.3 is 0 Å². The van der Waals surface area contributed by atoms with Crippen molar-refractivity contribution in [3.8, 4) is 0 Å². The SMILES string of the molecule is CS(=O)(=O)O[C@H]1CC=C(c2ccc(F)cc2)CC1. The zero-order chi connectivity index (χ0) is 13.2. The van der Waals surface area contributed by atoms with E-state index in [9.17, 15) is 12.8 Å². The highest BCUT2D eigenvalue weighted by atomic mass is 32.2. The molecule has 0 saturated heterocycles. The Kier molecular flexibility index (Phi) is 3.82. The second kappa shape index (κ2) is 5.20.